The van der Waals surface area contributed by atoms with Crippen molar-refractivity contribution in [2.45, 2.75) is 38.0 Å². The number of carbonyl (C=O) groups excluding carboxylic acids is 1. The zero-order valence-corrected chi connectivity index (χ0v) is 21.3. The van der Waals surface area contributed by atoms with Gasteiger partial charge in [-0.05, 0) is 68.0 Å². The first kappa shape index (κ1) is 25.4. The maximum Gasteiger partial charge on any atom is 0.340 e. The summed E-state index contributed by atoms with van der Waals surface area (Å²) in [4.78, 5) is 18.2. The fourth-order valence-electron chi connectivity index (χ4n) is 4.59. The Morgan fingerprint density at radius 2 is 1.83 bits per heavy atom. The van der Waals surface area contributed by atoms with Gasteiger partial charge in [0, 0.05) is 30.2 Å². The zero-order chi connectivity index (χ0) is 24.8. The van der Waals surface area contributed by atoms with E-state index in [1.807, 2.05) is 36.4 Å². The Balaban J connectivity index is 1.17. The van der Waals surface area contributed by atoms with Crippen LogP contribution in [0.5, 0.6) is 0 Å². The number of carbonyl (C=O) groups is 1. The second-order valence-electron chi connectivity index (χ2n) is 9.77. The number of H-pyrrole nitrogens is 1. The van der Waals surface area contributed by atoms with Gasteiger partial charge in [0.15, 0.2) is 0 Å². The lowest BCUT2D eigenvalue weighted by molar-refractivity contribution is 0.0376. The molecule has 8 heteroatoms. The summed E-state index contributed by atoms with van der Waals surface area (Å²) in [6.07, 6.45) is 4.49. The van der Waals surface area contributed by atoms with E-state index in [9.17, 15) is 13.2 Å². The molecule has 0 bridgehead atoms. The summed E-state index contributed by atoms with van der Waals surface area (Å²) in [5.74, 6) is 0.559. The molecule has 3 aromatic rings. The predicted octanol–water partition coefficient (Wildman–Crippen LogP) is 4.21. The van der Waals surface area contributed by atoms with E-state index >= 15 is 0 Å². The minimum atomic E-state index is -3.51. The highest BCUT2D eigenvalue weighted by atomic mass is 32.2. The van der Waals surface area contributed by atoms with Gasteiger partial charge in [-0.3, -0.25) is 0 Å². The molecule has 0 spiro atoms. The Morgan fingerprint density at radius 1 is 1.11 bits per heavy atom. The number of sulfonamides is 1. The van der Waals surface area contributed by atoms with Crippen molar-refractivity contribution in [3.63, 3.8) is 0 Å². The van der Waals surface area contributed by atoms with Crippen LogP contribution in [0.3, 0.4) is 0 Å². The van der Waals surface area contributed by atoms with Gasteiger partial charge in [-0.25, -0.2) is 17.9 Å². The van der Waals surface area contributed by atoms with Crippen molar-refractivity contribution in [2.24, 2.45) is 11.8 Å². The summed E-state index contributed by atoms with van der Waals surface area (Å²) in [6.45, 7) is 7.45. The maximum absolute atomic E-state index is 12.6. The monoisotopic (exact) mass is 497 g/mol. The molecule has 2 aromatic carbocycles. The van der Waals surface area contributed by atoms with Gasteiger partial charge < -0.3 is 14.6 Å². The Hall–Kier alpha value is -2.68. The molecular weight excluding hydrogens is 462 g/mol. The van der Waals surface area contributed by atoms with Crippen LogP contribution in [-0.2, 0) is 21.2 Å². The van der Waals surface area contributed by atoms with Crippen molar-refractivity contribution in [1.29, 1.82) is 0 Å². The number of hydrogen-bond acceptors (Lipinski definition) is 5. The van der Waals surface area contributed by atoms with Crippen LogP contribution in [-0.4, -0.2) is 57.1 Å². The Morgan fingerprint density at radius 3 is 2.54 bits per heavy atom. The van der Waals surface area contributed by atoms with Crippen LogP contribution in [0.15, 0.2) is 59.6 Å². The van der Waals surface area contributed by atoms with E-state index in [1.165, 1.54) is 0 Å². The molecule has 1 aromatic heterocycles. The third kappa shape index (κ3) is 6.72. The SMILES string of the molecule is CC(C)Cc1ccc(S(=O)(=O)NCCN2CCC(COC(=O)c3c[nH]c4ccccc34)CC2)cc1. The number of para-hydroxylation sites is 1. The second kappa shape index (κ2) is 11.4. The predicted molar refractivity (Wildman–Crippen MR) is 138 cm³/mol. The standard InChI is InChI=1S/C27H35N3O4S/c1-20(2)17-21-7-9-23(10-8-21)35(32,33)29-13-16-30-14-11-22(12-15-30)19-34-27(31)25-18-28-26-6-4-3-5-24(25)26/h3-10,18,20,22,28-29H,11-17,19H2,1-2H3. The first-order chi connectivity index (χ1) is 16.8. The molecule has 188 valence electrons. The van der Waals surface area contributed by atoms with E-state index < -0.39 is 10.0 Å². The molecule has 0 amide bonds. The van der Waals surface area contributed by atoms with Crippen LogP contribution >= 0.6 is 0 Å². The molecule has 2 N–H and O–H groups in total. The highest BCUT2D eigenvalue weighted by Crippen LogP contribution is 2.21. The van der Waals surface area contributed by atoms with Crippen molar-refractivity contribution >= 4 is 26.9 Å². The molecule has 1 fully saturated rings. The van der Waals surface area contributed by atoms with Gasteiger partial charge in [0.2, 0.25) is 10.0 Å². The first-order valence-corrected chi connectivity index (χ1v) is 13.8. The van der Waals surface area contributed by atoms with Gasteiger partial charge in [-0.2, -0.15) is 0 Å². The van der Waals surface area contributed by atoms with E-state index in [1.54, 1.807) is 18.3 Å². The number of piperidine rings is 1. The lowest BCUT2D eigenvalue weighted by Gasteiger charge is -2.31. The van der Waals surface area contributed by atoms with Crippen molar-refractivity contribution in [3.05, 3.63) is 65.9 Å². The quantitative estimate of drug-likeness (QED) is 0.410. The van der Waals surface area contributed by atoms with Gasteiger partial charge >= 0.3 is 5.97 Å². The molecule has 0 unspecified atom stereocenters. The number of benzene rings is 2. The molecule has 1 aliphatic heterocycles. The Bertz CT molecular complexity index is 1230. The third-order valence-corrected chi connectivity index (χ3v) is 8.04. The van der Waals surface area contributed by atoms with Crippen molar-refractivity contribution in [1.82, 2.24) is 14.6 Å². The minimum Gasteiger partial charge on any atom is -0.462 e. The number of likely N-dealkylation sites (tertiary alicyclic amines) is 1. The Kier molecular flexibility index (Phi) is 8.26. The maximum atomic E-state index is 12.6. The van der Waals surface area contributed by atoms with E-state index in [2.05, 4.69) is 28.5 Å². The van der Waals surface area contributed by atoms with Gasteiger partial charge in [0.05, 0.1) is 17.1 Å². The molecule has 1 aliphatic rings. The van der Waals surface area contributed by atoms with Gasteiger partial charge in [0.25, 0.3) is 0 Å². The largest absolute Gasteiger partial charge is 0.462 e. The van der Waals surface area contributed by atoms with Crippen molar-refractivity contribution in [2.75, 3.05) is 32.8 Å². The fourth-order valence-corrected chi connectivity index (χ4v) is 5.61. The number of aromatic nitrogens is 1. The number of aromatic amines is 1. The highest BCUT2D eigenvalue weighted by molar-refractivity contribution is 7.89. The zero-order valence-electron chi connectivity index (χ0n) is 20.5. The molecule has 1 saturated heterocycles. The summed E-state index contributed by atoms with van der Waals surface area (Å²) in [5, 5.41) is 0.876. The van der Waals surface area contributed by atoms with Gasteiger partial charge in [-0.15, -0.1) is 0 Å². The molecule has 2 heterocycles. The molecule has 4 rings (SSSR count). The molecule has 0 atom stereocenters. The second-order valence-corrected chi connectivity index (χ2v) is 11.5. The van der Waals surface area contributed by atoms with Crippen LogP contribution in [0.25, 0.3) is 10.9 Å². The van der Waals surface area contributed by atoms with E-state index in [4.69, 9.17) is 4.74 Å². The third-order valence-electron chi connectivity index (χ3n) is 6.56. The average Bonchev–Trinajstić information content (AvgIpc) is 3.28. The van der Waals surface area contributed by atoms with E-state index in [-0.39, 0.29) is 5.97 Å². The van der Waals surface area contributed by atoms with Crippen LogP contribution < -0.4 is 4.72 Å². The molecule has 35 heavy (non-hydrogen) atoms. The number of rotatable bonds is 10. The lowest BCUT2D eigenvalue weighted by Crippen LogP contribution is -2.40. The van der Waals surface area contributed by atoms with Crippen LogP contribution in [0.1, 0.15) is 42.6 Å². The molecular formula is C27H35N3O4S. The first-order valence-electron chi connectivity index (χ1n) is 12.4. The molecule has 0 radical (unpaired) electrons. The van der Waals surface area contributed by atoms with Crippen molar-refractivity contribution < 1.29 is 17.9 Å². The summed E-state index contributed by atoms with van der Waals surface area (Å²) in [7, 11) is -3.51. The van der Waals surface area contributed by atoms with Crippen LogP contribution in [0.2, 0.25) is 0 Å². The topological polar surface area (TPSA) is 91.5 Å². The number of fused-ring (bicyclic) bond motifs is 1. The number of nitrogens with one attached hydrogen (secondary N) is 2. The van der Waals surface area contributed by atoms with Crippen molar-refractivity contribution in [3.8, 4) is 0 Å². The normalized spacial score (nSPS) is 15.6. The fraction of sp³-hybridized carbons (Fsp3) is 0.444. The van der Waals surface area contributed by atoms with Gasteiger partial charge in [-0.1, -0.05) is 44.2 Å². The molecule has 7 nitrogen and oxygen atoms in total. The molecule has 0 saturated carbocycles. The van der Waals surface area contributed by atoms with Gasteiger partial charge in [0.1, 0.15) is 0 Å². The Labute approximate surface area is 207 Å². The minimum absolute atomic E-state index is 0.295. The number of esters is 1. The number of ether oxygens (including phenoxy) is 1. The number of nitrogens with zero attached hydrogens (tertiary/aromatic N) is 1. The van der Waals surface area contributed by atoms with E-state index in [0.717, 1.165) is 48.8 Å². The lowest BCUT2D eigenvalue weighted by atomic mass is 9.98. The van der Waals surface area contributed by atoms with E-state index in [0.29, 0.717) is 42.0 Å². The summed E-state index contributed by atoms with van der Waals surface area (Å²) in [5.41, 5.74) is 2.64. The summed E-state index contributed by atoms with van der Waals surface area (Å²) < 4.78 is 33.5. The number of hydrogen-bond donors (Lipinski definition) is 2. The average molecular weight is 498 g/mol. The summed E-state index contributed by atoms with van der Waals surface area (Å²) >= 11 is 0. The smallest absolute Gasteiger partial charge is 0.340 e. The molecule has 0 aliphatic carbocycles. The summed E-state index contributed by atoms with van der Waals surface area (Å²) in [6, 6.07) is 14.8. The van der Waals surface area contributed by atoms with Crippen LogP contribution in [0, 0.1) is 11.8 Å². The highest BCUT2D eigenvalue weighted by Gasteiger charge is 2.22. The van der Waals surface area contributed by atoms with Crippen LogP contribution in [0.4, 0.5) is 0 Å².